The first-order valence-electron chi connectivity index (χ1n) is 5.96. The molecule has 0 heterocycles. The molecule has 0 aromatic heterocycles. The van der Waals surface area contributed by atoms with Crippen molar-refractivity contribution in [1.29, 1.82) is 0 Å². The molecule has 3 nitrogen and oxygen atoms in total. The van der Waals surface area contributed by atoms with Gasteiger partial charge >= 0.3 is 0 Å². The van der Waals surface area contributed by atoms with Crippen LogP contribution < -0.4 is 10.2 Å². The SMILES string of the molecule is CCOc1ccccc1/C=N/Nc1ccccc1. The average molecular weight is 240 g/mol. The first kappa shape index (κ1) is 12.2. The van der Waals surface area contributed by atoms with Crippen LogP contribution in [0, 0.1) is 0 Å². The zero-order valence-electron chi connectivity index (χ0n) is 10.3. The second-order valence-electron chi connectivity index (χ2n) is 3.71. The molecule has 0 aliphatic heterocycles. The topological polar surface area (TPSA) is 33.6 Å². The van der Waals surface area contributed by atoms with E-state index in [2.05, 4.69) is 10.5 Å². The van der Waals surface area contributed by atoms with Crippen LogP contribution in [0.25, 0.3) is 0 Å². The van der Waals surface area contributed by atoms with E-state index in [1.54, 1.807) is 6.21 Å². The summed E-state index contributed by atoms with van der Waals surface area (Å²) >= 11 is 0. The van der Waals surface area contributed by atoms with Crippen LogP contribution in [-0.4, -0.2) is 12.8 Å². The number of hydrogen-bond acceptors (Lipinski definition) is 3. The van der Waals surface area contributed by atoms with E-state index < -0.39 is 0 Å². The normalized spacial score (nSPS) is 10.5. The van der Waals surface area contributed by atoms with Crippen LogP contribution in [0.15, 0.2) is 59.7 Å². The van der Waals surface area contributed by atoms with E-state index >= 15 is 0 Å². The Balaban J connectivity index is 2.05. The quantitative estimate of drug-likeness (QED) is 0.640. The molecule has 0 saturated carbocycles. The molecule has 0 aliphatic rings. The Morgan fingerprint density at radius 3 is 2.56 bits per heavy atom. The van der Waals surface area contributed by atoms with E-state index in [4.69, 9.17) is 4.74 Å². The van der Waals surface area contributed by atoms with Crippen molar-refractivity contribution in [2.45, 2.75) is 6.92 Å². The van der Waals surface area contributed by atoms with Crippen molar-refractivity contribution in [3.05, 3.63) is 60.2 Å². The summed E-state index contributed by atoms with van der Waals surface area (Å²) in [5.74, 6) is 0.846. The maximum absolute atomic E-state index is 5.52. The smallest absolute Gasteiger partial charge is 0.128 e. The summed E-state index contributed by atoms with van der Waals surface area (Å²) in [5, 5.41) is 4.20. The minimum Gasteiger partial charge on any atom is -0.493 e. The summed E-state index contributed by atoms with van der Waals surface area (Å²) in [6, 6.07) is 17.7. The van der Waals surface area contributed by atoms with Crippen molar-refractivity contribution < 1.29 is 4.74 Å². The molecule has 2 aromatic carbocycles. The van der Waals surface area contributed by atoms with Crippen molar-refractivity contribution in [3.8, 4) is 5.75 Å². The number of nitrogens with zero attached hydrogens (tertiary/aromatic N) is 1. The lowest BCUT2D eigenvalue weighted by atomic mass is 10.2. The van der Waals surface area contributed by atoms with E-state index in [0.29, 0.717) is 6.61 Å². The Kier molecular flexibility index (Phi) is 4.36. The molecule has 0 aliphatic carbocycles. The molecule has 0 unspecified atom stereocenters. The molecule has 0 spiro atoms. The maximum Gasteiger partial charge on any atom is 0.128 e. The standard InChI is InChI=1S/C15H16N2O/c1-2-18-15-11-7-6-8-13(15)12-16-17-14-9-4-3-5-10-14/h3-12,17H,2H2,1H3/b16-12+. The maximum atomic E-state index is 5.52. The van der Waals surface area contributed by atoms with Gasteiger partial charge in [-0.3, -0.25) is 5.43 Å². The van der Waals surface area contributed by atoms with Gasteiger partial charge in [0.15, 0.2) is 0 Å². The van der Waals surface area contributed by atoms with Gasteiger partial charge in [-0.05, 0) is 31.2 Å². The van der Waals surface area contributed by atoms with Crippen LogP contribution in [0.5, 0.6) is 5.75 Å². The Hall–Kier alpha value is -2.29. The summed E-state index contributed by atoms with van der Waals surface area (Å²) in [6.07, 6.45) is 1.76. The highest BCUT2D eigenvalue weighted by Gasteiger charge is 1.98. The highest BCUT2D eigenvalue weighted by Crippen LogP contribution is 2.15. The first-order chi connectivity index (χ1) is 8.90. The van der Waals surface area contributed by atoms with E-state index in [1.165, 1.54) is 0 Å². The fourth-order valence-electron chi connectivity index (χ4n) is 1.56. The Morgan fingerprint density at radius 1 is 1.06 bits per heavy atom. The van der Waals surface area contributed by atoms with Crippen molar-refractivity contribution in [2.75, 3.05) is 12.0 Å². The summed E-state index contributed by atoms with van der Waals surface area (Å²) < 4.78 is 5.52. The van der Waals surface area contributed by atoms with Gasteiger partial charge < -0.3 is 4.74 Å². The number of benzene rings is 2. The van der Waals surface area contributed by atoms with Crippen LogP contribution in [0.3, 0.4) is 0 Å². The average Bonchev–Trinajstić information content (AvgIpc) is 2.42. The molecular weight excluding hydrogens is 224 g/mol. The van der Waals surface area contributed by atoms with Crippen LogP contribution in [0.1, 0.15) is 12.5 Å². The lowest BCUT2D eigenvalue weighted by Crippen LogP contribution is -1.97. The Morgan fingerprint density at radius 2 is 1.78 bits per heavy atom. The minimum absolute atomic E-state index is 0.650. The van der Waals surface area contributed by atoms with Gasteiger partial charge in [0.05, 0.1) is 18.5 Å². The van der Waals surface area contributed by atoms with Crippen molar-refractivity contribution in [2.24, 2.45) is 5.10 Å². The molecule has 0 amide bonds. The molecule has 2 aromatic rings. The van der Waals surface area contributed by atoms with Gasteiger partial charge in [0.2, 0.25) is 0 Å². The van der Waals surface area contributed by atoms with Gasteiger partial charge in [-0.25, -0.2) is 0 Å². The number of anilines is 1. The minimum atomic E-state index is 0.650. The predicted molar refractivity (Wildman–Crippen MR) is 75.3 cm³/mol. The summed E-state index contributed by atoms with van der Waals surface area (Å²) in [6.45, 7) is 2.62. The number of hydrogen-bond donors (Lipinski definition) is 1. The lowest BCUT2D eigenvalue weighted by molar-refractivity contribution is 0.340. The number of nitrogens with one attached hydrogen (secondary N) is 1. The zero-order chi connectivity index (χ0) is 12.6. The third-order valence-electron chi connectivity index (χ3n) is 2.39. The Labute approximate surface area is 107 Å². The molecule has 0 bridgehead atoms. The third kappa shape index (κ3) is 3.35. The molecule has 0 fully saturated rings. The molecule has 2 rings (SSSR count). The summed E-state index contributed by atoms with van der Waals surface area (Å²) in [7, 11) is 0. The van der Waals surface area contributed by atoms with E-state index in [-0.39, 0.29) is 0 Å². The van der Waals surface area contributed by atoms with Crippen LogP contribution in [0.2, 0.25) is 0 Å². The Bertz CT molecular complexity index is 509. The molecule has 18 heavy (non-hydrogen) atoms. The highest BCUT2D eigenvalue weighted by molar-refractivity contribution is 5.83. The molecule has 1 N–H and O–H groups in total. The van der Waals surface area contributed by atoms with Crippen molar-refractivity contribution >= 4 is 11.9 Å². The van der Waals surface area contributed by atoms with Crippen LogP contribution in [-0.2, 0) is 0 Å². The van der Waals surface area contributed by atoms with Gasteiger partial charge in [0.25, 0.3) is 0 Å². The van der Waals surface area contributed by atoms with E-state index in [0.717, 1.165) is 17.0 Å². The molecule has 0 saturated heterocycles. The second kappa shape index (κ2) is 6.45. The molecule has 0 radical (unpaired) electrons. The number of para-hydroxylation sites is 2. The highest BCUT2D eigenvalue weighted by atomic mass is 16.5. The van der Waals surface area contributed by atoms with E-state index in [1.807, 2.05) is 61.5 Å². The van der Waals surface area contributed by atoms with E-state index in [9.17, 15) is 0 Å². The number of rotatable bonds is 5. The molecule has 92 valence electrons. The fraction of sp³-hybridized carbons (Fsp3) is 0.133. The predicted octanol–water partition coefficient (Wildman–Crippen LogP) is 3.53. The monoisotopic (exact) mass is 240 g/mol. The third-order valence-corrected chi connectivity index (χ3v) is 2.39. The zero-order valence-corrected chi connectivity index (χ0v) is 10.3. The van der Waals surface area contributed by atoms with Gasteiger partial charge in [-0.1, -0.05) is 30.3 Å². The summed E-state index contributed by atoms with van der Waals surface area (Å²) in [4.78, 5) is 0. The first-order valence-corrected chi connectivity index (χ1v) is 5.96. The molecule has 3 heteroatoms. The van der Waals surface area contributed by atoms with Crippen LogP contribution in [0.4, 0.5) is 5.69 Å². The number of hydrazone groups is 1. The van der Waals surface area contributed by atoms with Gasteiger partial charge in [0, 0.05) is 5.56 Å². The van der Waals surface area contributed by atoms with Gasteiger partial charge in [0.1, 0.15) is 5.75 Å². The van der Waals surface area contributed by atoms with Crippen molar-refractivity contribution in [3.63, 3.8) is 0 Å². The van der Waals surface area contributed by atoms with Crippen LogP contribution >= 0.6 is 0 Å². The molecular formula is C15H16N2O. The fourth-order valence-corrected chi connectivity index (χ4v) is 1.56. The lowest BCUT2D eigenvalue weighted by Gasteiger charge is -2.06. The van der Waals surface area contributed by atoms with Crippen molar-refractivity contribution in [1.82, 2.24) is 0 Å². The van der Waals surface area contributed by atoms with Gasteiger partial charge in [-0.2, -0.15) is 5.10 Å². The molecule has 0 atom stereocenters. The summed E-state index contributed by atoms with van der Waals surface area (Å²) in [5.41, 5.74) is 4.90. The van der Waals surface area contributed by atoms with Gasteiger partial charge in [-0.15, -0.1) is 0 Å². The largest absolute Gasteiger partial charge is 0.493 e. The number of ether oxygens (including phenoxy) is 1. The second-order valence-corrected chi connectivity index (χ2v) is 3.71.